The van der Waals surface area contributed by atoms with Crippen molar-refractivity contribution in [2.45, 2.75) is 63.6 Å². The van der Waals surface area contributed by atoms with Gasteiger partial charge in [-0.3, -0.25) is 0 Å². The number of aliphatic hydroxyl groups is 1. The number of fused-ring (bicyclic) bond motifs is 1. The number of nitrogens with zero attached hydrogens (tertiary/aromatic N) is 5. The molecule has 158 valence electrons. The van der Waals surface area contributed by atoms with Crippen LogP contribution < -0.4 is 10.2 Å². The van der Waals surface area contributed by atoms with Crippen LogP contribution in [0.3, 0.4) is 0 Å². The molecule has 2 N–H and O–H groups in total. The summed E-state index contributed by atoms with van der Waals surface area (Å²) in [7, 11) is 0. The van der Waals surface area contributed by atoms with Crippen molar-refractivity contribution in [2.75, 3.05) is 23.4 Å². The Morgan fingerprint density at radius 3 is 2.63 bits per heavy atom. The zero-order chi connectivity index (χ0) is 20.3. The Kier molecular flexibility index (Phi) is 5.53. The van der Waals surface area contributed by atoms with Crippen LogP contribution in [0.1, 0.15) is 56.6 Å². The Morgan fingerprint density at radius 2 is 1.83 bits per heavy atom. The number of aromatic nitrogens is 4. The number of imidazole rings is 1. The van der Waals surface area contributed by atoms with Crippen LogP contribution in [0.4, 0.5) is 11.8 Å². The van der Waals surface area contributed by atoms with Gasteiger partial charge in [-0.25, -0.2) is 4.98 Å². The molecule has 1 aliphatic carbocycles. The molecule has 1 aromatic carbocycles. The van der Waals surface area contributed by atoms with E-state index in [1.54, 1.807) is 0 Å². The molecule has 3 aromatic rings. The van der Waals surface area contributed by atoms with Gasteiger partial charge in [0.15, 0.2) is 17.0 Å². The molecule has 3 heterocycles. The van der Waals surface area contributed by atoms with Crippen molar-refractivity contribution in [3.05, 3.63) is 42.2 Å². The maximum Gasteiger partial charge on any atom is 0.229 e. The lowest BCUT2D eigenvalue weighted by molar-refractivity contribution is 0.265. The number of anilines is 2. The summed E-state index contributed by atoms with van der Waals surface area (Å²) in [5, 5.41) is 13.3. The summed E-state index contributed by atoms with van der Waals surface area (Å²) in [5.41, 5.74) is 2.94. The third-order valence-corrected chi connectivity index (χ3v) is 6.53. The maximum absolute atomic E-state index is 9.82. The first-order valence-electron chi connectivity index (χ1n) is 11.2. The largest absolute Gasteiger partial charge is 0.394 e. The zero-order valence-corrected chi connectivity index (χ0v) is 17.4. The SMILES string of the molecule is OC[C@H]1CCCN1c1nc(NCc2ccccc2)c2ncn(C3CCCCC3)c2n1. The second-order valence-electron chi connectivity index (χ2n) is 8.50. The first kappa shape index (κ1) is 19.3. The summed E-state index contributed by atoms with van der Waals surface area (Å²) in [4.78, 5) is 16.7. The Balaban J connectivity index is 1.53. The predicted octanol–water partition coefficient (Wildman–Crippen LogP) is 3.90. The summed E-state index contributed by atoms with van der Waals surface area (Å²) in [6.07, 6.45) is 10.2. The lowest BCUT2D eigenvalue weighted by atomic mass is 9.95. The fourth-order valence-electron chi connectivity index (χ4n) is 4.85. The van der Waals surface area contributed by atoms with E-state index in [2.05, 4.69) is 26.9 Å². The van der Waals surface area contributed by atoms with E-state index in [0.717, 1.165) is 36.4 Å². The third-order valence-electron chi connectivity index (χ3n) is 6.53. The number of hydrogen-bond acceptors (Lipinski definition) is 6. The maximum atomic E-state index is 9.82. The average molecular weight is 407 g/mol. The van der Waals surface area contributed by atoms with Gasteiger partial charge in [0, 0.05) is 19.1 Å². The van der Waals surface area contributed by atoms with Crippen molar-refractivity contribution in [1.82, 2.24) is 19.5 Å². The molecule has 0 bridgehead atoms. The highest BCUT2D eigenvalue weighted by Crippen LogP contribution is 2.33. The van der Waals surface area contributed by atoms with Crippen LogP contribution in [-0.4, -0.2) is 43.8 Å². The van der Waals surface area contributed by atoms with Gasteiger partial charge in [0.1, 0.15) is 0 Å². The Morgan fingerprint density at radius 1 is 1.00 bits per heavy atom. The first-order valence-corrected chi connectivity index (χ1v) is 11.2. The molecule has 1 aliphatic heterocycles. The Bertz CT molecular complexity index is 982. The molecule has 30 heavy (non-hydrogen) atoms. The molecule has 7 heteroatoms. The van der Waals surface area contributed by atoms with Crippen molar-refractivity contribution < 1.29 is 5.11 Å². The van der Waals surface area contributed by atoms with Crippen LogP contribution >= 0.6 is 0 Å². The lowest BCUT2D eigenvalue weighted by Crippen LogP contribution is -2.33. The highest BCUT2D eigenvalue weighted by molar-refractivity contribution is 5.84. The summed E-state index contributed by atoms with van der Waals surface area (Å²) in [6, 6.07) is 10.9. The van der Waals surface area contributed by atoms with Crippen LogP contribution in [-0.2, 0) is 6.54 Å². The Hall–Kier alpha value is -2.67. The fraction of sp³-hybridized carbons (Fsp3) is 0.522. The van der Waals surface area contributed by atoms with E-state index >= 15 is 0 Å². The minimum atomic E-state index is 0.0930. The molecule has 0 radical (unpaired) electrons. The molecule has 2 aliphatic rings. The number of hydrogen-bond donors (Lipinski definition) is 2. The van der Waals surface area contributed by atoms with Crippen molar-refractivity contribution in [2.24, 2.45) is 0 Å². The van der Waals surface area contributed by atoms with E-state index in [0.29, 0.717) is 18.5 Å². The molecular weight excluding hydrogens is 376 g/mol. The first-order chi connectivity index (χ1) is 14.8. The van der Waals surface area contributed by atoms with Gasteiger partial charge in [0.2, 0.25) is 5.95 Å². The highest BCUT2D eigenvalue weighted by Gasteiger charge is 2.28. The molecule has 0 unspecified atom stereocenters. The highest BCUT2D eigenvalue weighted by atomic mass is 16.3. The summed E-state index contributed by atoms with van der Waals surface area (Å²) in [6.45, 7) is 1.70. The predicted molar refractivity (Wildman–Crippen MR) is 119 cm³/mol. The van der Waals surface area contributed by atoms with Gasteiger partial charge >= 0.3 is 0 Å². The summed E-state index contributed by atoms with van der Waals surface area (Å²) in [5.74, 6) is 1.48. The molecule has 1 atom stereocenters. The molecular formula is C23H30N6O. The Labute approximate surface area is 177 Å². The van der Waals surface area contributed by atoms with Gasteiger partial charge in [-0.05, 0) is 31.2 Å². The van der Waals surface area contributed by atoms with E-state index in [1.807, 2.05) is 24.5 Å². The van der Waals surface area contributed by atoms with Crippen LogP contribution in [0, 0.1) is 0 Å². The fourth-order valence-corrected chi connectivity index (χ4v) is 4.85. The molecule has 1 saturated carbocycles. The van der Waals surface area contributed by atoms with Crippen LogP contribution in [0.25, 0.3) is 11.2 Å². The van der Waals surface area contributed by atoms with Gasteiger partial charge in [-0.1, -0.05) is 49.6 Å². The molecule has 0 spiro atoms. The van der Waals surface area contributed by atoms with E-state index in [4.69, 9.17) is 15.0 Å². The smallest absolute Gasteiger partial charge is 0.229 e. The summed E-state index contributed by atoms with van der Waals surface area (Å²) >= 11 is 0. The van der Waals surface area contributed by atoms with Crippen LogP contribution in [0.5, 0.6) is 0 Å². The third kappa shape index (κ3) is 3.74. The van der Waals surface area contributed by atoms with Gasteiger partial charge in [0.05, 0.1) is 19.0 Å². The number of aliphatic hydroxyl groups excluding tert-OH is 1. The number of rotatable bonds is 6. The van der Waals surface area contributed by atoms with Crippen molar-refractivity contribution in [3.63, 3.8) is 0 Å². The van der Waals surface area contributed by atoms with Crippen molar-refractivity contribution in [3.8, 4) is 0 Å². The summed E-state index contributed by atoms with van der Waals surface area (Å²) < 4.78 is 2.26. The monoisotopic (exact) mass is 406 g/mol. The van der Waals surface area contributed by atoms with Crippen molar-refractivity contribution in [1.29, 1.82) is 0 Å². The van der Waals surface area contributed by atoms with E-state index in [9.17, 15) is 5.11 Å². The topological polar surface area (TPSA) is 79.1 Å². The van der Waals surface area contributed by atoms with Crippen LogP contribution in [0.15, 0.2) is 36.7 Å². The van der Waals surface area contributed by atoms with Crippen molar-refractivity contribution >= 4 is 22.9 Å². The molecule has 0 amide bonds. The van der Waals surface area contributed by atoms with Crippen LogP contribution in [0.2, 0.25) is 0 Å². The number of nitrogens with one attached hydrogen (secondary N) is 1. The van der Waals surface area contributed by atoms with E-state index < -0.39 is 0 Å². The van der Waals surface area contributed by atoms with Gasteiger partial charge < -0.3 is 19.9 Å². The lowest BCUT2D eigenvalue weighted by Gasteiger charge is -2.25. The van der Waals surface area contributed by atoms with Gasteiger partial charge in [-0.15, -0.1) is 0 Å². The standard InChI is InChI=1S/C23H30N6O/c30-15-19-12-7-13-28(19)23-26-21(24-14-17-8-3-1-4-9-17)20-22(27-23)29(16-25-20)18-10-5-2-6-11-18/h1,3-4,8-9,16,18-19,30H,2,5-7,10-15H2,(H,24,26,27)/t19-/m1/s1. The average Bonchev–Trinajstić information content (AvgIpc) is 3.45. The second-order valence-corrected chi connectivity index (χ2v) is 8.50. The molecule has 2 fully saturated rings. The molecule has 5 rings (SSSR count). The molecule has 2 aromatic heterocycles. The zero-order valence-electron chi connectivity index (χ0n) is 17.4. The van der Waals surface area contributed by atoms with E-state index in [-0.39, 0.29) is 12.6 Å². The quantitative estimate of drug-likeness (QED) is 0.646. The second kappa shape index (κ2) is 8.60. The normalized spacial score (nSPS) is 20.2. The van der Waals surface area contributed by atoms with E-state index in [1.165, 1.54) is 37.7 Å². The minimum absolute atomic E-state index is 0.0930. The van der Waals surface area contributed by atoms with Gasteiger partial charge in [0.25, 0.3) is 0 Å². The molecule has 7 nitrogen and oxygen atoms in total. The number of benzene rings is 1. The minimum Gasteiger partial charge on any atom is -0.394 e. The molecule has 1 saturated heterocycles. The van der Waals surface area contributed by atoms with Gasteiger partial charge in [-0.2, -0.15) is 9.97 Å².